The molecule has 0 fully saturated rings. The molecule has 1 aromatic heterocycles. The number of benzene rings is 1. The van der Waals surface area contributed by atoms with E-state index < -0.39 is 5.97 Å². The summed E-state index contributed by atoms with van der Waals surface area (Å²) >= 11 is 6.69. The molecule has 21 heavy (non-hydrogen) atoms. The predicted molar refractivity (Wildman–Crippen MR) is 86.7 cm³/mol. The first-order chi connectivity index (χ1) is 10.1. The first-order valence-electron chi connectivity index (χ1n) is 6.01. The van der Waals surface area contributed by atoms with Gasteiger partial charge in [0.2, 0.25) is 5.90 Å². The van der Waals surface area contributed by atoms with Crippen molar-refractivity contribution >= 4 is 49.8 Å². The molecule has 2 heterocycles. The van der Waals surface area contributed by atoms with Crippen LogP contribution in [0.4, 0.5) is 0 Å². The maximum atomic E-state index is 11.9. The third-order valence-corrected chi connectivity index (χ3v) is 3.71. The molecular formula is C15H8Br2N2O2. The molecule has 0 N–H and O–H groups in total. The van der Waals surface area contributed by atoms with Gasteiger partial charge in [0, 0.05) is 21.3 Å². The summed E-state index contributed by atoms with van der Waals surface area (Å²) in [5.74, 6) is -0.204. The Morgan fingerprint density at radius 2 is 1.81 bits per heavy atom. The monoisotopic (exact) mass is 406 g/mol. The summed E-state index contributed by atoms with van der Waals surface area (Å²) in [6.45, 7) is 0. The van der Waals surface area contributed by atoms with Crippen molar-refractivity contribution in [3.05, 3.63) is 68.5 Å². The van der Waals surface area contributed by atoms with Crippen LogP contribution in [0, 0.1) is 0 Å². The van der Waals surface area contributed by atoms with Crippen molar-refractivity contribution in [2.75, 3.05) is 0 Å². The molecule has 0 amide bonds. The minimum atomic E-state index is -0.465. The molecule has 0 bridgehead atoms. The zero-order chi connectivity index (χ0) is 14.8. The molecule has 0 unspecified atom stereocenters. The maximum Gasteiger partial charge on any atom is 0.363 e. The summed E-state index contributed by atoms with van der Waals surface area (Å²) in [6.07, 6.45) is 4.94. The number of hydrogen-bond acceptors (Lipinski definition) is 4. The Kier molecular flexibility index (Phi) is 3.98. The number of nitrogens with zero attached hydrogens (tertiary/aromatic N) is 2. The highest BCUT2D eigenvalue weighted by molar-refractivity contribution is 9.10. The number of rotatable bonds is 2. The van der Waals surface area contributed by atoms with Gasteiger partial charge in [-0.05, 0) is 45.8 Å². The molecule has 0 saturated heterocycles. The van der Waals surface area contributed by atoms with E-state index in [0.717, 1.165) is 14.5 Å². The lowest BCUT2D eigenvalue weighted by Gasteiger charge is -1.98. The number of aliphatic imine (C=N–C) groups is 1. The highest BCUT2D eigenvalue weighted by Crippen LogP contribution is 2.21. The number of carbonyl (C=O) groups excluding carboxylic acids is 1. The molecule has 0 saturated carbocycles. The highest BCUT2D eigenvalue weighted by Gasteiger charge is 2.24. The van der Waals surface area contributed by atoms with Gasteiger partial charge in [-0.25, -0.2) is 9.79 Å². The molecule has 1 aromatic carbocycles. The van der Waals surface area contributed by atoms with Gasteiger partial charge in [0.1, 0.15) is 0 Å². The van der Waals surface area contributed by atoms with Gasteiger partial charge in [0.15, 0.2) is 5.70 Å². The minimum absolute atomic E-state index is 0.261. The molecule has 0 atom stereocenters. The van der Waals surface area contributed by atoms with Crippen molar-refractivity contribution in [3.63, 3.8) is 0 Å². The fourth-order valence-electron chi connectivity index (χ4n) is 1.78. The minimum Gasteiger partial charge on any atom is -0.402 e. The lowest BCUT2D eigenvalue weighted by Crippen LogP contribution is -2.05. The summed E-state index contributed by atoms with van der Waals surface area (Å²) in [4.78, 5) is 20.1. The van der Waals surface area contributed by atoms with E-state index in [9.17, 15) is 4.79 Å². The lowest BCUT2D eigenvalue weighted by atomic mass is 10.2. The average Bonchev–Trinajstić information content (AvgIpc) is 2.83. The van der Waals surface area contributed by atoms with E-state index in [-0.39, 0.29) is 11.6 Å². The van der Waals surface area contributed by atoms with Crippen LogP contribution in [-0.4, -0.2) is 16.9 Å². The smallest absolute Gasteiger partial charge is 0.363 e. The first-order valence-corrected chi connectivity index (χ1v) is 7.59. The summed E-state index contributed by atoms with van der Waals surface area (Å²) in [5, 5.41) is 0. The topological polar surface area (TPSA) is 51.5 Å². The normalized spacial score (nSPS) is 16.0. The van der Waals surface area contributed by atoms with Crippen LogP contribution >= 0.6 is 31.9 Å². The number of esters is 1. The van der Waals surface area contributed by atoms with E-state index in [1.54, 1.807) is 24.5 Å². The van der Waals surface area contributed by atoms with Crippen molar-refractivity contribution in [1.29, 1.82) is 0 Å². The Bertz CT molecular complexity index is 767. The molecular weight excluding hydrogens is 400 g/mol. The second kappa shape index (κ2) is 5.91. The number of cyclic esters (lactones) is 1. The molecule has 104 valence electrons. The Morgan fingerprint density at radius 1 is 1.05 bits per heavy atom. The molecule has 1 aliphatic rings. The summed E-state index contributed by atoms with van der Waals surface area (Å²) in [6, 6.07) is 9.36. The van der Waals surface area contributed by atoms with Crippen LogP contribution in [0.3, 0.4) is 0 Å². The number of aromatic nitrogens is 1. The van der Waals surface area contributed by atoms with E-state index in [4.69, 9.17) is 4.74 Å². The van der Waals surface area contributed by atoms with E-state index >= 15 is 0 Å². The summed E-state index contributed by atoms with van der Waals surface area (Å²) in [7, 11) is 0. The van der Waals surface area contributed by atoms with Gasteiger partial charge in [0.25, 0.3) is 0 Å². The lowest BCUT2D eigenvalue weighted by molar-refractivity contribution is -0.129. The van der Waals surface area contributed by atoms with Gasteiger partial charge in [-0.1, -0.05) is 28.1 Å². The molecule has 3 rings (SSSR count). The molecule has 1 aliphatic heterocycles. The van der Waals surface area contributed by atoms with Crippen LogP contribution < -0.4 is 0 Å². The van der Waals surface area contributed by atoms with Crippen molar-refractivity contribution in [2.24, 2.45) is 4.99 Å². The molecule has 2 aromatic rings. The highest BCUT2D eigenvalue weighted by atomic mass is 79.9. The second-order valence-corrected chi connectivity index (χ2v) is 6.11. The van der Waals surface area contributed by atoms with Crippen LogP contribution in [0.25, 0.3) is 6.08 Å². The number of halogens is 2. The molecule has 6 heteroatoms. The van der Waals surface area contributed by atoms with E-state index in [0.29, 0.717) is 5.56 Å². The molecule has 0 spiro atoms. The van der Waals surface area contributed by atoms with Crippen LogP contribution in [0.2, 0.25) is 0 Å². The Morgan fingerprint density at radius 3 is 2.52 bits per heavy atom. The third kappa shape index (κ3) is 3.28. The van der Waals surface area contributed by atoms with Crippen molar-refractivity contribution in [1.82, 2.24) is 4.98 Å². The van der Waals surface area contributed by atoms with Gasteiger partial charge >= 0.3 is 5.97 Å². The van der Waals surface area contributed by atoms with Crippen LogP contribution in [0.5, 0.6) is 0 Å². The Balaban J connectivity index is 1.93. The van der Waals surface area contributed by atoms with Crippen molar-refractivity contribution < 1.29 is 9.53 Å². The van der Waals surface area contributed by atoms with Gasteiger partial charge < -0.3 is 4.74 Å². The van der Waals surface area contributed by atoms with Crippen LogP contribution in [0.1, 0.15) is 11.1 Å². The quantitative estimate of drug-likeness (QED) is 0.559. The second-order valence-electron chi connectivity index (χ2n) is 4.28. The zero-order valence-corrected chi connectivity index (χ0v) is 13.8. The number of hydrogen-bond donors (Lipinski definition) is 0. The van der Waals surface area contributed by atoms with Crippen LogP contribution in [0.15, 0.2) is 62.4 Å². The van der Waals surface area contributed by atoms with E-state index in [1.165, 1.54) is 0 Å². The summed E-state index contributed by atoms with van der Waals surface area (Å²) in [5.41, 5.74) is 1.80. The fourth-order valence-corrected chi connectivity index (χ4v) is 2.41. The maximum absolute atomic E-state index is 11.9. The van der Waals surface area contributed by atoms with Gasteiger partial charge in [-0.2, -0.15) is 0 Å². The average molecular weight is 408 g/mol. The number of carbonyl (C=O) groups is 1. The number of pyridine rings is 1. The van der Waals surface area contributed by atoms with Crippen LogP contribution in [-0.2, 0) is 9.53 Å². The summed E-state index contributed by atoms with van der Waals surface area (Å²) < 4.78 is 6.95. The van der Waals surface area contributed by atoms with Gasteiger partial charge in [0.05, 0.1) is 5.56 Å². The fraction of sp³-hybridized carbons (Fsp3) is 0. The molecule has 0 radical (unpaired) electrons. The Hall–Kier alpha value is -1.79. The SMILES string of the molecule is O=C1OC(c2cncc(Br)c2)=NC1=Cc1ccc(Br)cc1. The zero-order valence-electron chi connectivity index (χ0n) is 10.6. The largest absolute Gasteiger partial charge is 0.402 e. The standard InChI is InChI=1S/C15H8Br2N2O2/c16-11-3-1-9(2-4-11)5-13-15(20)21-14(19-13)10-6-12(17)8-18-7-10/h1-8H. The molecule has 0 aliphatic carbocycles. The van der Waals surface area contributed by atoms with Gasteiger partial charge in [-0.15, -0.1) is 0 Å². The van der Waals surface area contributed by atoms with Gasteiger partial charge in [-0.3, -0.25) is 4.98 Å². The number of ether oxygens (including phenoxy) is 1. The van der Waals surface area contributed by atoms with E-state index in [2.05, 4.69) is 41.8 Å². The third-order valence-electron chi connectivity index (χ3n) is 2.75. The van der Waals surface area contributed by atoms with E-state index in [1.807, 2.05) is 24.3 Å². The molecule has 4 nitrogen and oxygen atoms in total. The van der Waals surface area contributed by atoms with Crippen molar-refractivity contribution in [2.45, 2.75) is 0 Å². The predicted octanol–water partition coefficient (Wildman–Crippen LogP) is 3.95. The first kappa shape index (κ1) is 14.2. The Labute approximate surface area is 137 Å². The van der Waals surface area contributed by atoms with Crippen molar-refractivity contribution in [3.8, 4) is 0 Å².